The Morgan fingerprint density at radius 1 is 1.10 bits per heavy atom. The van der Waals surface area contributed by atoms with Crippen LogP contribution >= 0.6 is 0 Å². The number of hydrogen-bond donors (Lipinski definition) is 1. The summed E-state index contributed by atoms with van der Waals surface area (Å²) in [6.07, 6.45) is 11.8. The molecule has 2 aromatic rings. The molecule has 5 nitrogen and oxygen atoms in total. The molecule has 1 saturated heterocycles. The molecule has 0 bridgehead atoms. The van der Waals surface area contributed by atoms with Crippen LogP contribution in [0.4, 0.5) is 0 Å². The minimum Gasteiger partial charge on any atom is -0.337 e. The van der Waals surface area contributed by atoms with E-state index in [0.29, 0.717) is 11.7 Å². The Balaban J connectivity index is 1.32. The molecular formula is C26H36N4O. The van der Waals surface area contributed by atoms with Crippen molar-refractivity contribution in [2.75, 3.05) is 19.6 Å². The quantitative estimate of drug-likeness (QED) is 0.795. The van der Waals surface area contributed by atoms with Gasteiger partial charge in [0.15, 0.2) is 5.69 Å². The van der Waals surface area contributed by atoms with Gasteiger partial charge in [0.25, 0.3) is 5.91 Å². The van der Waals surface area contributed by atoms with Gasteiger partial charge in [-0.15, -0.1) is 0 Å². The van der Waals surface area contributed by atoms with E-state index in [4.69, 9.17) is 0 Å². The van der Waals surface area contributed by atoms with E-state index in [1.165, 1.54) is 48.9 Å². The summed E-state index contributed by atoms with van der Waals surface area (Å²) < 4.78 is 1.96. The molecule has 166 valence electrons. The van der Waals surface area contributed by atoms with E-state index in [1.807, 2.05) is 16.6 Å². The lowest BCUT2D eigenvalue weighted by Gasteiger charge is -2.40. The lowest BCUT2D eigenvalue weighted by atomic mass is 9.69. The Kier molecular flexibility index (Phi) is 5.87. The molecule has 1 aromatic carbocycles. The average Bonchev–Trinajstić information content (AvgIpc) is 3.47. The summed E-state index contributed by atoms with van der Waals surface area (Å²) in [5.74, 6) is 0.142. The molecule has 2 aliphatic carbocycles. The molecule has 5 heteroatoms. The molecular weight excluding hydrogens is 384 g/mol. The lowest BCUT2D eigenvalue weighted by molar-refractivity contribution is 0.0785. The van der Waals surface area contributed by atoms with Gasteiger partial charge in [-0.25, -0.2) is 0 Å². The second-order valence-electron chi connectivity index (χ2n) is 9.92. The van der Waals surface area contributed by atoms with E-state index >= 15 is 0 Å². The maximum atomic E-state index is 13.1. The highest BCUT2D eigenvalue weighted by Crippen LogP contribution is 2.39. The SMILES string of the molecule is Cn1nc(C(=O)N2CCCC2)c2c1CCC(NCC1(c3ccccc3)CCCCC1)C2. The van der Waals surface area contributed by atoms with Crippen molar-refractivity contribution in [3.05, 3.63) is 52.8 Å². The smallest absolute Gasteiger partial charge is 0.274 e. The van der Waals surface area contributed by atoms with Gasteiger partial charge in [0.2, 0.25) is 0 Å². The molecule has 3 aliphatic rings. The third kappa shape index (κ3) is 4.05. The standard InChI is InChI=1S/C26H36N4O/c1-29-23-13-12-21(18-22(23)24(28-29)25(31)30-16-8-9-17-30)27-19-26(14-6-3-7-15-26)20-10-4-2-5-11-20/h2,4-5,10-11,21,27H,3,6-9,12-19H2,1H3. The molecule has 1 unspecified atom stereocenters. The topological polar surface area (TPSA) is 50.2 Å². The average molecular weight is 421 g/mol. The second-order valence-corrected chi connectivity index (χ2v) is 9.92. The van der Waals surface area contributed by atoms with Crippen LogP contribution in [0.2, 0.25) is 0 Å². The third-order valence-corrected chi connectivity index (χ3v) is 7.98. The second kappa shape index (κ2) is 8.78. The summed E-state index contributed by atoms with van der Waals surface area (Å²) >= 11 is 0. The summed E-state index contributed by atoms with van der Waals surface area (Å²) in [4.78, 5) is 15.1. The molecule has 1 saturated carbocycles. The first kappa shape index (κ1) is 20.7. The van der Waals surface area contributed by atoms with Crippen molar-refractivity contribution in [3.63, 3.8) is 0 Å². The maximum absolute atomic E-state index is 13.1. The number of nitrogens with one attached hydrogen (secondary N) is 1. The molecule has 1 aromatic heterocycles. The molecule has 1 N–H and O–H groups in total. The van der Waals surface area contributed by atoms with Gasteiger partial charge in [-0.1, -0.05) is 49.6 Å². The minimum absolute atomic E-state index is 0.142. The van der Waals surface area contributed by atoms with Crippen molar-refractivity contribution in [1.82, 2.24) is 20.0 Å². The predicted octanol–water partition coefficient (Wildman–Crippen LogP) is 4.01. The van der Waals surface area contributed by atoms with Crippen molar-refractivity contribution in [2.45, 2.75) is 75.7 Å². The monoisotopic (exact) mass is 420 g/mol. The molecule has 5 rings (SSSR count). The number of carbonyl (C=O) groups is 1. The van der Waals surface area contributed by atoms with Crippen molar-refractivity contribution in [1.29, 1.82) is 0 Å². The summed E-state index contributed by atoms with van der Waals surface area (Å²) in [5, 5.41) is 8.63. The molecule has 2 fully saturated rings. The predicted molar refractivity (Wildman–Crippen MR) is 123 cm³/mol. The van der Waals surface area contributed by atoms with Gasteiger partial charge >= 0.3 is 0 Å². The Labute approximate surface area is 186 Å². The number of benzene rings is 1. The zero-order chi connectivity index (χ0) is 21.3. The van der Waals surface area contributed by atoms with E-state index in [2.05, 4.69) is 40.7 Å². The van der Waals surface area contributed by atoms with Crippen LogP contribution in [0.25, 0.3) is 0 Å². The first-order valence-electron chi connectivity index (χ1n) is 12.3. The van der Waals surface area contributed by atoms with Gasteiger partial charge in [0.05, 0.1) is 0 Å². The van der Waals surface area contributed by atoms with Crippen LogP contribution in [0.3, 0.4) is 0 Å². The van der Waals surface area contributed by atoms with Gasteiger partial charge in [-0.05, 0) is 50.5 Å². The van der Waals surface area contributed by atoms with Gasteiger partial charge in [0, 0.05) is 49.4 Å². The van der Waals surface area contributed by atoms with Crippen LogP contribution in [0.5, 0.6) is 0 Å². The highest BCUT2D eigenvalue weighted by molar-refractivity contribution is 5.94. The first-order valence-corrected chi connectivity index (χ1v) is 12.3. The van der Waals surface area contributed by atoms with Gasteiger partial charge in [0.1, 0.15) is 0 Å². The maximum Gasteiger partial charge on any atom is 0.274 e. The van der Waals surface area contributed by atoms with E-state index < -0.39 is 0 Å². The molecule has 0 radical (unpaired) electrons. The summed E-state index contributed by atoms with van der Waals surface area (Å²) in [6, 6.07) is 11.6. The summed E-state index contributed by atoms with van der Waals surface area (Å²) in [7, 11) is 2.00. The third-order valence-electron chi connectivity index (χ3n) is 7.98. The van der Waals surface area contributed by atoms with Gasteiger partial charge in [-0.3, -0.25) is 9.48 Å². The number of aryl methyl sites for hydroxylation is 1. The fourth-order valence-corrected chi connectivity index (χ4v) is 6.13. The lowest BCUT2D eigenvalue weighted by Crippen LogP contribution is -2.45. The fraction of sp³-hybridized carbons (Fsp3) is 0.615. The Bertz CT molecular complexity index is 907. The van der Waals surface area contributed by atoms with E-state index in [-0.39, 0.29) is 11.3 Å². The van der Waals surface area contributed by atoms with Crippen LogP contribution in [0, 0.1) is 0 Å². The Morgan fingerprint density at radius 2 is 1.84 bits per heavy atom. The van der Waals surface area contributed by atoms with E-state index in [0.717, 1.165) is 51.7 Å². The number of likely N-dealkylation sites (tertiary alicyclic amines) is 1. The largest absolute Gasteiger partial charge is 0.337 e. The molecule has 31 heavy (non-hydrogen) atoms. The Morgan fingerprint density at radius 3 is 2.58 bits per heavy atom. The molecule has 1 amide bonds. The number of carbonyl (C=O) groups excluding carboxylic acids is 1. The molecule has 2 heterocycles. The van der Waals surface area contributed by atoms with Crippen LogP contribution in [0.15, 0.2) is 30.3 Å². The van der Waals surface area contributed by atoms with Crippen LogP contribution < -0.4 is 5.32 Å². The van der Waals surface area contributed by atoms with Crippen molar-refractivity contribution in [3.8, 4) is 0 Å². The first-order chi connectivity index (χ1) is 15.2. The van der Waals surface area contributed by atoms with Crippen LogP contribution in [-0.2, 0) is 25.3 Å². The van der Waals surface area contributed by atoms with Crippen LogP contribution in [0.1, 0.15) is 78.7 Å². The number of amides is 1. The van der Waals surface area contributed by atoms with Crippen LogP contribution in [-0.4, -0.2) is 46.3 Å². The number of nitrogens with zero attached hydrogens (tertiary/aromatic N) is 3. The summed E-state index contributed by atoms with van der Waals surface area (Å²) in [5.41, 5.74) is 4.91. The highest BCUT2D eigenvalue weighted by Gasteiger charge is 2.36. The number of fused-ring (bicyclic) bond motifs is 1. The Hall–Kier alpha value is -2.14. The zero-order valence-electron chi connectivity index (χ0n) is 18.9. The molecule has 1 atom stereocenters. The van der Waals surface area contributed by atoms with Gasteiger partial charge in [-0.2, -0.15) is 5.10 Å². The minimum atomic E-state index is 0.142. The van der Waals surface area contributed by atoms with E-state index in [9.17, 15) is 4.79 Å². The van der Waals surface area contributed by atoms with Gasteiger partial charge < -0.3 is 10.2 Å². The van der Waals surface area contributed by atoms with Crippen molar-refractivity contribution >= 4 is 5.91 Å². The molecule has 0 spiro atoms. The van der Waals surface area contributed by atoms with E-state index in [1.54, 1.807) is 0 Å². The number of rotatable bonds is 5. The van der Waals surface area contributed by atoms with Crippen molar-refractivity contribution < 1.29 is 4.79 Å². The highest BCUT2D eigenvalue weighted by atomic mass is 16.2. The van der Waals surface area contributed by atoms with Crippen molar-refractivity contribution in [2.24, 2.45) is 7.05 Å². The summed E-state index contributed by atoms with van der Waals surface area (Å²) in [6.45, 7) is 2.80. The number of hydrogen-bond acceptors (Lipinski definition) is 3. The normalized spacial score (nSPS) is 23.0. The number of aromatic nitrogens is 2. The fourth-order valence-electron chi connectivity index (χ4n) is 6.13. The molecule has 1 aliphatic heterocycles. The zero-order valence-corrected chi connectivity index (χ0v) is 18.9.